The number of alkyl halides is 1. The second-order valence-corrected chi connectivity index (χ2v) is 5.12. The topological polar surface area (TPSA) is 38.9 Å². The lowest BCUT2D eigenvalue weighted by Gasteiger charge is -2.18. The molecule has 1 aromatic heterocycles. The molecular formula is C16H13ClF2N2. The van der Waals surface area contributed by atoms with Crippen LogP contribution in [0, 0.1) is 17.7 Å². The highest BCUT2D eigenvalue weighted by Gasteiger charge is 2.28. The number of halogens is 3. The number of nitrogens with zero attached hydrogens (tertiary/aromatic N) is 1. The van der Waals surface area contributed by atoms with Crippen molar-refractivity contribution in [3.05, 3.63) is 64.2 Å². The predicted octanol–water partition coefficient (Wildman–Crippen LogP) is 3.42. The minimum Gasteiger partial charge on any atom is -0.327 e. The Hall–Kier alpha value is -1.96. The fraction of sp³-hybridized carbons (Fsp3) is 0.188. The Kier molecular flexibility index (Phi) is 4.56. The summed E-state index contributed by atoms with van der Waals surface area (Å²) in [5, 5.41) is 0.177. The van der Waals surface area contributed by atoms with Crippen molar-refractivity contribution in [2.75, 3.05) is 6.54 Å². The maximum absolute atomic E-state index is 14.1. The summed E-state index contributed by atoms with van der Waals surface area (Å²) < 4.78 is 26.9. The molecule has 1 aromatic carbocycles. The Bertz CT molecular complexity index is 700. The van der Waals surface area contributed by atoms with E-state index in [4.69, 9.17) is 17.3 Å². The van der Waals surface area contributed by atoms with Crippen LogP contribution in [0.5, 0.6) is 0 Å². The van der Waals surface area contributed by atoms with E-state index >= 15 is 0 Å². The highest BCUT2D eigenvalue weighted by molar-refractivity contribution is 6.31. The first kappa shape index (κ1) is 15.4. The number of rotatable bonds is 2. The van der Waals surface area contributed by atoms with Gasteiger partial charge in [-0.2, -0.15) is 0 Å². The molecule has 0 spiro atoms. The molecule has 21 heavy (non-hydrogen) atoms. The van der Waals surface area contributed by atoms with E-state index in [1.165, 1.54) is 31.3 Å². The molecule has 0 aliphatic carbocycles. The molecule has 2 rings (SSSR count). The van der Waals surface area contributed by atoms with Crippen molar-refractivity contribution < 1.29 is 8.78 Å². The molecule has 0 fully saturated rings. The second-order valence-electron chi connectivity index (χ2n) is 4.71. The van der Waals surface area contributed by atoms with Gasteiger partial charge >= 0.3 is 0 Å². The van der Waals surface area contributed by atoms with Crippen molar-refractivity contribution in [1.29, 1.82) is 0 Å². The van der Waals surface area contributed by atoms with Gasteiger partial charge < -0.3 is 5.73 Å². The highest BCUT2D eigenvalue weighted by Crippen LogP contribution is 2.29. The third-order valence-corrected chi connectivity index (χ3v) is 3.20. The smallest absolute Gasteiger partial charge is 0.163 e. The van der Waals surface area contributed by atoms with Gasteiger partial charge in [0.15, 0.2) is 5.67 Å². The summed E-state index contributed by atoms with van der Waals surface area (Å²) in [5.74, 6) is 5.38. The van der Waals surface area contributed by atoms with E-state index in [1.807, 2.05) is 0 Å². The van der Waals surface area contributed by atoms with Crippen molar-refractivity contribution in [3.8, 4) is 11.8 Å². The number of benzene rings is 1. The molecule has 1 atom stereocenters. The monoisotopic (exact) mass is 306 g/mol. The molecule has 0 aliphatic rings. The van der Waals surface area contributed by atoms with Crippen LogP contribution in [0.4, 0.5) is 8.78 Å². The van der Waals surface area contributed by atoms with Crippen molar-refractivity contribution in [2.24, 2.45) is 5.73 Å². The maximum atomic E-state index is 14.1. The molecule has 2 aromatic rings. The molecule has 0 bridgehead atoms. The molecule has 108 valence electrons. The summed E-state index contributed by atoms with van der Waals surface area (Å²) in [5.41, 5.74) is 4.88. The summed E-state index contributed by atoms with van der Waals surface area (Å²) in [6.45, 7) is 1.12. The lowest BCUT2D eigenvalue weighted by atomic mass is 10.0. The largest absolute Gasteiger partial charge is 0.327 e. The second kappa shape index (κ2) is 6.21. The average Bonchev–Trinajstić information content (AvgIpc) is 2.46. The zero-order chi connectivity index (χ0) is 15.5. The molecule has 0 amide bonds. The van der Waals surface area contributed by atoms with E-state index < -0.39 is 5.67 Å². The maximum Gasteiger partial charge on any atom is 0.163 e. The summed E-state index contributed by atoms with van der Waals surface area (Å²) >= 11 is 6.02. The zero-order valence-electron chi connectivity index (χ0n) is 11.3. The first-order valence-electron chi connectivity index (χ1n) is 6.25. The SMILES string of the molecule is CC(F)(CN)c1ncc(C#Cc2ccc(F)cc2)cc1Cl. The minimum absolute atomic E-state index is 0.0963. The van der Waals surface area contributed by atoms with Gasteiger partial charge in [-0.05, 0) is 37.3 Å². The van der Waals surface area contributed by atoms with E-state index in [0.717, 1.165) is 0 Å². The Labute approximate surface area is 127 Å². The number of pyridine rings is 1. The summed E-state index contributed by atoms with van der Waals surface area (Å²) in [7, 11) is 0. The highest BCUT2D eigenvalue weighted by atomic mass is 35.5. The molecule has 0 saturated carbocycles. The van der Waals surface area contributed by atoms with Crippen LogP contribution >= 0.6 is 11.6 Å². The van der Waals surface area contributed by atoms with E-state index in [0.29, 0.717) is 11.1 Å². The molecule has 0 saturated heterocycles. The standard InChI is InChI=1S/C16H13ClF2N2/c1-16(19,10-20)15-14(17)8-12(9-21-15)3-2-11-4-6-13(18)7-5-11/h4-9H,10,20H2,1H3. The number of hydrogen-bond donors (Lipinski definition) is 1. The van der Waals surface area contributed by atoms with Crippen molar-refractivity contribution in [2.45, 2.75) is 12.6 Å². The lowest BCUT2D eigenvalue weighted by molar-refractivity contribution is 0.197. The van der Waals surface area contributed by atoms with Crippen LogP contribution in [-0.4, -0.2) is 11.5 Å². The van der Waals surface area contributed by atoms with Gasteiger partial charge in [-0.1, -0.05) is 23.4 Å². The fourth-order valence-corrected chi connectivity index (χ4v) is 2.03. The number of aromatic nitrogens is 1. The first-order chi connectivity index (χ1) is 9.92. The fourth-order valence-electron chi connectivity index (χ4n) is 1.66. The van der Waals surface area contributed by atoms with Gasteiger partial charge in [-0.25, -0.2) is 8.78 Å². The van der Waals surface area contributed by atoms with Crippen LogP contribution in [0.25, 0.3) is 0 Å². The van der Waals surface area contributed by atoms with Gasteiger partial charge in [0.2, 0.25) is 0 Å². The van der Waals surface area contributed by atoms with Crippen molar-refractivity contribution in [1.82, 2.24) is 4.98 Å². The third-order valence-electron chi connectivity index (χ3n) is 2.91. The Morgan fingerprint density at radius 3 is 2.43 bits per heavy atom. The molecule has 1 heterocycles. The summed E-state index contributed by atoms with van der Waals surface area (Å²) in [4.78, 5) is 4.00. The van der Waals surface area contributed by atoms with Crippen LogP contribution in [0.2, 0.25) is 5.02 Å². The van der Waals surface area contributed by atoms with E-state index in [-0.39, 0.29) is 23.1 Å². The van der Waals surface area contributed by atoms with Gasteiger partial charge in [-0.15, -0.1) is 0 Å². The molecular weight excluding hydrogens is 294 g/mol. The average molecular weight is 307 g/mol. The minimum atomic E-state index is -1.78. The van der Waals surface area contributed by atoms with Gasteiger partial charge in [0.25, 0.3) is 0 Å². The number of nitrogens with two attached hydrogens (primary N) is 1. The van der Waals surface area contributed by atoms with Crippen molar-refractivity contribution in [3.63, 3.8) is 0 Å². The molecule has 2 nitrogen and oxygen atoms in total. The van der Waals surface area contributed by atoms with Gasteiger partial charge in [0.05, 0.1) is 10.7 Å². The first-order valence-corrected chi connectivity index (χ1v) is 6.63. The summed E-state index contributed by atoms with van der Waals surface area (Å²) in [6, 6.07) is 7.33. The Morgan fingerprint density at radius 2 is 1.86 bits per heavy atom. The van der Waals surface area contributed by atoms with Gasteiger partial charge in [0, 0.05) is 23.9 Å². The van der Waals surface area contributed by atoms with Crippen LogP contribution in [0.15, 0.2) is 36.5 Å². The van der Waals surface area contributed by atoms with Crippen LogP contribution in [-0.2, 0) is 5.67 Å². The zero-order valence-corrected chi connectivity index (χ0v) is 12.1. The van der Waals surface area contributed by atoms with E-state index in [1.54, 1.807) is 12.1 Å². The third kappa shape index (κ3) is 3.78. The Balaban J connectivity index is 2.28. The Morgan fingerprint density at radius 1 is 1.24 bits per heavy atom. The van der Waals surface area contributed by atoms with Gasteiger partial charge in [-0.3, -0.25) is 4.98 Å². The molecule has 1 unspecified atom stereocenters. The quantitative estimate of drug-likeness (QED) is 0.864. The normalized spacial score (nSPS) is 13.2. The van der Waals surface area contributed by atoms with Crippen LogP contribution in [0.1, 0.15) is 23.7 Å². The summed E-state index contributed by atoms with van der Waals surface area (Å²) in [6.07, 6.45) is 1.44. The number of hydrogen-bond acceptors (Lipinski definition) is 2. The molecule has 0 radical (unpaired) electrons. The molecule has 2 N–H and O–H groups in total. The molecule has 5 heteroatoms. The van der Waals surface area contributed by atoms with E-state index in [2.05, 4.69) is 16.8 Å². The van der Waals surface area contributed by atoms with Gasteiger partial charge in [0.1, 0.15) is 5.82 Å². The lowest BCUT2D eigenvalue weighted by Crippen LogP contribution is -2.28. The molecule has 0 aliphatic heterocycles. The predicted molar refractivity (Wildman–Crippen MR) is 79.1 cm³/mol. The van der Waals surface area contributed by atoms with E-state index in [9.17, 15) is 8.78 Å². The van der Waals surface area contributed by atoms with Crippen LogP contribution < -0.4 is 5.73 Å². The van der Waals surface area contributed by atoms with Crippen LogP contribution in [0.3, 0.4) is 0 Å². The van der Waals surface area contributed by atoms with Crippen molar-refractivity contribution >= 4 is 11.6 Å².